The maximum Gasteiger partial charge on any atom is -0.0194 e. The molecule has 128 valence electrons. The molecule has 0 aromatic carbocycles. The Bertz CT molecular complexity index is 676. The third-order valence-electron chi connectivity index (χ3n) is 12.2. The Kier molecular flexibility index (Phi) is 1.94. The van der Waals surface area contributed by atoms with E-state index in [4.69, 9.17) is 0 Å². The highest BCUT2D eigenvalue weighted by Crippen LogP contribution is 2.85. The van der Waals surface area contributed by atoms with Gasteiger partial charge in [0, 0.05) is 0 Å². The van der Waals surface area contributed by atoms with Crippen molar-refractivity contribution in [3.8, 4) is 0 Å². The van der Waals surface area contributed by atoms with Crippen molar-refractivity contribution >= 4 is 0 Å². The largest absolute Gasteiger partial charge is 0.0848 e. The summed E-state index contributed by atoms with van der Waals surface area (Å²) in [6, 6.07) is 0. The monoisotopic (exact) mass is 320 g/mol. The summed E-state index contributed by atoms with van der Waals surface area (Å²) < 4.78 is 0. The summed E-state index contributed by atoms with van der Waals surface area (Å²) in [5.74, 6) is 15.8. The zero-order valence-electron chi connectivity index (χ0n) is 15.3. The minimum Gasteiger partial charge on any atom is -0.0848 e. The molecular weight excluding hydrogens is 288 g/mol. The highest BCUT2D eigenvalue weighted by molar-refractivity contribution is 5.29. The number of rotatable bonds is 0. The topological polar surface area (TPSA) is 0 Å². The molecule has 0 radical (unpaired) electrons. The van der Waals surface area contributed by atoms with E-state index < -0.39 is 0 Å². The molecule has 0 aliphatic heterocycles. The third kappa shape index (κ3) is 1.09. The number of hydrogen-bond donors (Lipinski definition) is 0. The average Bonchev–Trinajstić information content (AvgIpc) is 3.20. The van der Waals surface area contributed by atoms with Crippen LogP contribution >= 0.6 is 0 Å². The first-order valence-electron chi connectivity index (χ1n) is 11.4. The highest BCUT2D eigenvalue weighted by atomic mass is 14.8. The molecule has 0 N–H and O–H groups in total. The standard InChI is InChI=1S/C24H32/c1-10-14-8-16(20-13-5-6-24(2)22(13)23(24)18(10)20)17-9-15-11-3-4-12(7-11)19(15)21(14)17/h3-4,10-23H,5-9H2,1-2H3. The van der Waals surface area contributed by atoms with Gasteiger partial charge in [0.1, 0.15) is 0 Å². The Morgan fingerprint density at radius 3 is 2.33 bits per heavy atom. The van der Waals surface area contributed by atoms with Crippen LogP contribution in [-0.2, 0) is 0 Å². The van der Waals surface area contributed by atoms with E-state index in [2.05, 4.69) is 26.0 Å². The van der Waals surface area contributed by atoms with Crippen LogP contribution in [0.25, 0.3) is 0 Å². The van der Waals surface area contributed by atoms with Crippen LogP contribution in [-0.4, -0.2) is 0 Å². The molecule has 24 heavy (non-hydrogen) atoms. The molecule has 8 aliphatic carbocycles. The fourth-order valence-electron chi connectivity index (χ4n) is 11.9. The minimum atomic E-state index is 0.823. The molecular formula is C24H32. The lowest BCUT2D eigenvalue weighted by atomic mass is 9.60. The maximum absolute atomic E-state index is 2.74. The highest BCUT2D eigenvalue weighted by Gasteiger charge is 2.80. The smallest absolute Gasteiger partial charge is 0.0194 e. The van der Waals surface area contributed by atoms with Crippen LogP contribution in [0.2, 0.25) is 0 Å². The summed E-state index contributed by atoms with van der Waals surface area (Å²) in [6.07, 6.45) is 13.3. The minimum absolute atomic E-state index is 0.823. The lowest BCUT2D eigenvalue weighted by Crippen LogP contribution is -2.39. The second kappa shape index (κ2) is 3.59. The molecule has 7 saturated carbocycles. The van der Waals surface area contributed by atoms with Crippen LogP contribution in [0, 0.1) is 88.3 Å². The second-order valence-electron chi connectivity index (χ2n) is 12.0. The van der Waals surface area contributed by atoms with E-state index in [0.29, 0.717) is 0 Å². The van der Waals surface area contributed by atoms with Crippen molar-refractivity contribution in [3.63, 3.8) is 0 Å². The fourth-order valence-corrected chi connectivity index (χ4v) is 11.9. The van der Waals surface area contributed by atoms with Crippen LogP contribution in [0.3, 0.4) is 0 Å². The van der Waals surface area contributed by atoms with Crippen LogP contribution < -0.4 is 0 Å². The van der Waals surface area contributed by atoms with Gasteiger partial charge in [0.2, 0.25) is 0 Å². The molecule has 0 spiro atoms. The Balaban J connectivity index is 1.24. The van der Waals surface area contributed by atoms with Gasteiger partial charge in [0.15, 0.2) is 0 Å². The van der Waals surface area contributed by atoms with E-state index in [1.54, 1.807) is 32.1 Å². The van der Waals surface area contributed by atoms with Gasteiger partial charge in [-0.15, -0.1) is 0 Å². The fraction of sp³-hybridized carbons (Fsp3) is 0.917. The van der Waals surface area contributed by atoms with Crippen molar-refractivity contribution in [1.29, 1.82) is 0 Å². The van der Waals surface area contributed by atoms with Crippen LogP contribution in [0.5, 0.6) is 0 Å². The molecule has 15 atom stereocenters. The number of hydrogen-bond acceptors (Lipinski definition) is 0. The molecule has 8 rings (SSSR count). The van der Waals surface area contributed by atoms with Gasteiger partial charge < -0.3 is 0 Å². The maximum atomic E-state index is 2.74. The molecule has 0 aromatic rings. The molecule has 0 amide bonds. The normalized spacial score (nSPS) is 77.6. The third-order valence-corrected chi connectivity index (χ3v) is 12.2. The lowest BCUT2D eigenvalue weighted by molar-refractivity contribution is 0.0371. The molecule has 0 nitrogen and oxygen atoms in total. The van der Waals surface area contributed by atoms with Gasteiger partial charge in [0.25, 0.3) is 0 Å². The quantitative estimate of drug-likeness (QED) is 0.534. The Labute approximate surface area is 146 Å². The van der Waals surface area contributed by atoms with Gasteiger partial charge in [-0.1, -0.05) is 26.0 Å². The van der Waals surface area contributed by atoms with E-state index in [0.717, 1.165) is 58.7 Å². The first kappa shape index (κ1) is 13.0. The van der Waals surface area contributed by atoms with Crippen molar-refractivity contribution in [2.75, 3.05) is 0 Å². The van der Waals surface area contributed by atoms with Crippen LogP contribution in [0.4, 0.5) is 0 Å². The Hall–Kier alpha value is -0.260. The SMILES string of the molecule is CC1C2CC(C3CC4C5C=CC(C5)C4C23)C2C3CCC4(C)C3C4C12. The Morgan fingerprint density at radius 2 is 1.46 bits per heavy atom. The average molecular weight is 321 g/mol. The predicted molar refractivity (Wildman–Crippen MR) is 94.9 cm³/mol. The van der Waals surface area contributed by atoms with Crippen LogP contribution in [0.1, 0.15) is 46.0 Å². The van der Waals surface area contributed by atoms with E-state index in [1.807, 2.05) is 0 Å². The second-order valence-corrected chi connectivity index (χ2v) is 12.0. The van der Waals surface area contributed by atoms with Crippen molar-refractivity contribution in [2.45, 2.75) is 46.0 Å². The Morgan fingerprint density at radius 1 is 0.708 bits per heavy atom. The van der Waals surface area contributed by atoms with Crippen LogP contribution in [0.15, 0.2) is 12.2 Å². The van der Waals surface area contributed by atoms with Gasteiger partial charge >= 0.3 is 0 Å². The summed E-state index contributed by atoms with van der Waals surface area (Å²) in [5, 5.41) is 0. The zero-order valence-corrected chi connectivity index (χ0v) is 15.3. The zero-order chi connectivity index (χ0) is 15.5. The van der Waals surface area contributed by atoms with Crippen molar-refractivity contribution in [3.05, 3.63) is 12.2 Å². The molecule has 15 unspecified atom stereocenters. The summed E-state index contributed by atoms with van der Waals surface area (Å²) >= 11 is 0. The van der Waals surface area contributed by atoms with Crippen molar-refractivity contribution in [2.24, 2.45) is 88.3 Å². The van der Waals surface area contributed by atoms with E-state index in [1.165, 1.54) is 29.6 Å². The summed E-state index contributed by atoms with van der Waals surface area (Å²) in [4.78, 5) is 0. The van der Waals surface area contributed by atoms with Gasteiger partial charge in [-0.3, -0.25) is 0 Å². The first-order chi connectivity index (χ1) is 11.7. The van der Waals surface area contributed by atoms with E-state index in [-0.39, 0.29) is 0 Å². The van der Waals surface area contributed by atoms with Gasteiger partial charge in [-0.2, -0.15) is 0 Å². The van der Waals surface area contributed by atoms with Gasteiger partial charge in [-0.05, 0) is 120 Å². The summed E-state index contributed by atoms with van der Waals surface area (Å²) in [7, 11) is 0. The van der Waals surface area contributed by atoms with Crippen molar-refractivity contribution in [1.82, 2.24) is 0 Å². The lowest BCUT2D eigenvalue weighted by Gasteiger charge is -2.44. The summed E-state index contributed by atoms with van der Waals surface area (Å²) in [5.41, 5.74) is 0.823. The predicted octanol–water partition coefficient (Wildman–Crippen LogP) is 5.25. The van der Waals surface area contributed by atoms with Gasteiger partial charge in [0.05, 0.1) is 0 Å². The first-order valence-corrected chi connectivity index (χ1v) is 11.4. The van der Waals surface area contributed by atoms with E-state index in [9.17, 15) is 0 Å². The molecule has 0 aromatic heterocycles. The van der Waals surface area contributed by atoms with Crippen molar-refractivity contribution < 1.29 is 0 Å². The molecule has 4 bridgehead atoms. The van der Waals surface area contributed by atoms with Gasteiger partial charge in [-0.25, -0.2) is 0 Å². The molecule has 7 fully saturated rings. The van der Waals surface area contributed by atoms with E-state index >= 15 is 0 Å². The molecule has 0 heteroatoms. The summed E-state index contributed by atoms with van der Waals surface area (Å²) in [6.45, 7) is 5.42. The number of fused-ring (bicyclic) bond motifs is 16. The number of allylic oxidation sites excluding steroid dienone is 2. The molecule has 8 aliphatic rings. The molecule has 0 heterocycles. The molecule has 0 saturated heterocycles.